The van der Waals surface area contributed by atoms with Gasteiger partial charge in [0.25, 0.3) is 0 Å². The fraction of sp³-hybridized carbons (Fsp3) is 0.286. The molecule has 0 atom stereocenters. The van der Waals surface area contributed by atoms with E-state index in [0.29, 0.717) is 6.73 Å². The molecule has 0 unspecified atom stereocenters. The van der Waals surface area contributed by atoms with Gasteiger partial charge in [-0.15, -0.1) is 0 Å². The van der Waals surface area contributed by atoms with Crippen LogP contribution in [-0.2, 0) is 19.4 Å². The normalized spacial score (nSPS) is 14.4. The summed E-state index contributed by atoms with van der Waals surface area (Å²) in [5.41, 5.74) is 5.00. The number of pyridine rings is 1. The van der Waals surface area contributed by atoms with Crippen molar-refractivity contribution in [3.05, 3.63) is 71.4 Å². The molecule has 0 aliphatic carbocycles. The van der Waals surface area contributed by atoms with Gasteiger partial charge in [0.1, 0.15) is 12.2 Å². The molecule has 0 amide bonds. The van der Waals surface area contributed by atoms with Crippen molar-refractivity contribution in [1.82, 2.24) is 9.88 Å². The van der Waals surface area contributed by atoms with Crippen LogP contribution in [0.3, 0.4) is 0 Å². The summed E-state index contributed by atoms with van der Waals surface area (Å²) < 4.78 is 6.10. The smallest absolute Gasteiger partial charge is 0.152 e. The first-order valence-electron chi connectivity index (χ1n) is 8.63. The zero-order valence-electron chi connectivity index (χ0n) is 14.0. The van der Waals surface area contributed by atoms with Crippen LogP contribution in [0.5, 0.6) is 5.75 Å². The highest BCUT2D eigenvalue weighted by Crippen LogP contribution is 2.34. The molecule has 0 saturated heterocycles. The van der Waals surface area contributed by atoms with E-state index in [1.807, 2.05) is 12.3 Å². The van der Waals surface area contributed by atoms with E-state index in [2.05, 4.69) is 59.3 Å². The van der Waals surface area contributed by atoms with E-state index in [0.717, 1.165) is 37.2 Å². The summed E-state index contributed by atoms with van der Waals surface area (Å²) in [7, 11) is 0. The highest BCUT2D eigenvalue weighted by Gasteiger charge is 2.21. The van der Waals surface area contributed by atoms with Crippen molar-refractivity contribution in [3.8, 4) is 5.75 Å². The largest absolute Gasteiger partial charge is 0.475 e. The number of hydrogen-bond acceptors (Lipinski definition) is 3. The average molecular weight is 318 g/mol. The molecule has 3 nitrogen and oxygen atoms in total. The quantitative estimate of drug-likeness (QED) is 0.721. The summed E-state index contributed by atoms with van der Waals surface area (Å²) in [6.45, 7) is 4.77. The molecule has 122 valence electrons. The van der Waals surface area contributed by atoms with Crippen molar-refractivity contribution in [2.24, 2.45) is 0 Å². The van der Waals surface area contributed by atoms with Gasteiger partial charge in [-0.2, -0.15) is 0 Å². The highest BCUT2D eigenvalue weighted by atomic mass is 16.5. The molecule has 1 aliphatic heterocycles. The number of ether oxygens (including phenoxy) is 1. The van der Waals surface area contributed by atoms with Gasteiger partial charge in [0.2, 0.25) is 0 Å². The maximum atomic E-state index is 6.10. The summed E-state index contributed by atoms with van der Waals surface area (Å²) in [5, 5.41) is 1.22. The minimum absolute atomic E-state index is 0.636. The van der Waals surface area contributed by atoms with Crippen molar-refractivity contribution >= 4 is 10.9 Å². The molecule has 2 heterocycles. The molecule has 0 spiro atoms. The molecule has 0 saturated carbocycles. The SMILES string of the molecule is CCc1cc2c(c3ncccc13)OCN(CCc1ccccc1)C2. The van der Waals surface area contributed by atoms with E-state index in [1.54, 1.807) is 0 Å². The first-order valence-corrected chi connectivity index (χ1v) is 8.63. The van der Waals surface area contributed by atoms with Gasteiger partial charge in [0.15, 0.2) is 5.75 Å². The molecule has 1 aromatic heterocycles. The van der Waals surface area contributed by atoms with Gasteiger partial charge in [0, 0.05) is 30.2 Å². The third-order valence-corrected chi connectivity index (χ3v) is 4.73. The molecule has 24 heavy (non-hydrogen) atoms. The Morgan fingerprint density at radius 2 is 2.00 bits per heavy atom. The second kappa shape index (κ2) is 6.62. The average Bonchev–Trinajstić information content (AvgIpc) is 2.66. The highest BCUT2D eigenvalue weighted by molar-refractivity contribution is 5.89. The van der Waals surface area contributed by atoms with Gasteiger partial charge in [-0.3, -0.25) is 9.88 Å². The molecule has 0 radical (unpaired) electrons. The second-order valence-electron chi connectivity index (χ2n) is 6.34. The fourth-order valence-electron chi connectivity index (χ4n) is 3.44. The third kappa shape index (κ3) is 2.87. The lowest BCUT2D eigenvalue weighted by Gasteiger charge is -2.30. The molecule has 0 bridgehead atoms. The molecule has 3 heteroatoms. The van der Waals surface area contributed by atoms with E-state index >= 15 is 0 Å². The fourth-order valence-corrected chi connectivity index (χ4v) is 3.44. The van der Waals surface area contributed by atoms with Gasteiger partial charge >= 0.3 is 0 Å². The van der Waals surface area contributed by atoms with Gasteiger partial charge in [0.05, 0.1) is 0 Å². The number of benzene rings is 2. The predicted molar refractivity (Wildman–Crippen MR) is 97.2 cm³/mol. The molecule has 1 aliphatic rings. The Bertz CT molecular complexity index is 845. The number of aromatic nitrogens is 1. The van der Waals surface area contributed by atoms with Crippen LogP contribution in [0, 0.1) is 0 Å². The lowest BCUT2D eigenvalue weighted by atomic mass is 10.00. The first-order chi connectivity index (χ1) is 11.8. The Morgan fingerprint density at radius 1 is 1.12 bits per heavy atom. The number of nitrogens with zero attached hydrogens (tertiary/aromatic N) is 2. The van der Waals surface area contributed by atoms with Gasteiger partial charge < -0.3 is 4.74 Å². The molecule has 0 fully saturated rings. The lowest BCUT2D eigenvalue weighted by Crippen LogP contribution is -2.33. The van der Waals surface area contributed by atoms with Crippen molar-refractivity contribution < 1.29 is 4.74 Å². The van der Waals surface area contributed by atoms with Crippen molar-refractivity contribution in [1.29, 1.82) is 0 Å². The van der Waals surface area contributed by atoms with E-state index in [1.165, 1.54) is 22.1 Å². The van der Waals surface area contributed by atoms with Crippen LogP contribution in [0.15, 0.2) is 54.7 Å². The summed E-state index contributed by atoms with van der Waals surface area (Å²) in [5.74, 6) is 0.971. The molecule has 0 N–H and O–H groups in total. The van der Waals surface area contributed by atoms with Crippen LogP contribution < -0.4 is 4.74 Å². The Balaban J connectivity index is 1.57. The number of hydrogen-bond donors (Lipinski definition) is 0. The standard InChI is InChI=1S/C21H22N2O/c1-2-17-13-18-14-23(12-10-16-7-4-3-5-8-16)15-24-21(18)20-19(17)9-6-11-22-20/h3-9,11,13H,2,10,12,14-15H2,1H3. The molecule has 4 rings (SSSR count). The molecule has 3 aromatic rings. The summed E-state index contributed by atoms with van der Waals surface area (Å²) in [4.78, 5) is 6.94. The Morgan fingerprint density at radius 3 is 2.83 bits per heavy atom. The molecule has 2 aromatic carbocycles. The van der Waals surface area contributed by atoms with Crippen molar-refractivity contribution in [3.63, 3.8) is 0 Å². The maximum Gasteiger partial charge on any atom is 0.152 e. The van der Waals surface area contributed by atoms with Crippen LogP contribution >= 0.6 is 0 Å². The van der Waals surface area contributed by atoms with Crippen molar-refractivity contribution in [2.45, 2.75) is 26.3 Å². The zero-order chi connectivity index (χ0) is 16.4. The summed E-state index contributed by atoms with van der Waals surface area (Å²) in [6, 6.07) is 17.1. The minimum atomic E-state index is 0.636. The summed E-state index contributed by atoms with van der Waals surface area (Å²) in [6.07, 6.45) is 3.92. The molecular weight excluding hydrogens is 296 g/mol. The number of aryl methyl sites for hydroxylation is 1. The van der Waals surface area contributed by atoms with Crippen LogP contribution in [0.1, 0.15) is 23.6 Å². The first kappa shape index (κ1) is 15.2. The second-order valence-corrected chi connectivity index (χ2v) is 6.34. The van der Waals surface area contributed by atoms with E-state index in [9.17, 15) is 0 Å². The van der Waals surface area contributed by atoms with Crippen LogP contribution in [0.25, 0.3) is 10.9 Å². The van der Waals surface area contributed by atoms with E-state index in [-0.39, 0.29) is 0 Å². The Kier molecular flexibility index (Phi) is 4.18. The maximum absolute atomic E-state index is 6.10. The van der Waals surface area contributed by atoms with Crippen LogP contribution in [0.2, 0.25) is 0 Å². The third-order valence-electron chi connectivity index (χ3n) is 4.73. The Hall–Kier alpha value is -2.39. The molecular formula is C21H22N2O. The van der Waals surface area contributed by atoms with Crippen LogP contribution in [0.4, 0.5) is 0 Å². The van der Waals surface area contributed by atoms with E-state index < -0.39 is 0 Å². The van der Waals surface area contributed by atoms with Crippen molar-refractivity contribution in [2.75, 3.05) is 13.3 Å². The number of fused-ring (bicyclic) bond motifs is 3. The Labute approximate surface area is 142 Å². The van der Waals surface area contributed by atoms with Gasteiger partial charge in [-0.25, -0.2) is 0 Å². The van der Waals surface area contributed by atoms with Crippen LogP contribution in [-0.4, -0.2) is 23.2 Å². The van der Waals surface area contributed by atoms with E-state index in [4.69, 9.17) is 4.74 Å². The van der Waals surface area contributed by atoms with Gasteiger partial charge in [-0.05, 0) is 30.0 Å². The zero-order valence-corrected chi connectivity index (χ0v) is 14.0. The number of rotatable bonds is 4. The lowest BCUT2D eigenvalue weighted by molar-refractivity contribution is 0.0980. The van der Waals surface area contributed by atoms with Gasteiger partial charge in [-0.1, -0.05) is 49.4 Å². The topological polar surface area (TPSA) is 25.4 Å². The minimum Gasteiger partial charge on any atom is -0.475 e. The monoisotopic (exact) mass is 318 g/mol. The predicted octanol–water partition coefficient (Wildman–Crippen LogP) is 4.19. The summed E-state index contributed by atoms with van der Waals surface area (Å²) >= 11 is 0.